The fourth-order valence-electron chi connectivity index (χ4n) is 2.72. The maximum atomic E-state index is 13.5. The van der Waals surface area contributed by atoms with E-state index < -0.39 is 5.82 Å². The second kappa shape index (κ2) is 6.74. The Balaban J connectivity index is 1.64. The summed E-state index contributed by atoms with van der Waals surface area (Å²) in [6.07, 6.45) is 1.70. The molecule has 2 amide bonds. The van der Waals surface area contributed by atoms with Crippen LogP contribution in [-0.4, -0.2) is 59.9 Å². The van der Waals surface area contributed by atoms with Crippen LogP contribution in [-0.2, 0) is 0 Å². The summed E-state index contributed by atoms with van der Waals surface area (Å²) in [6.45, 7) is 1.79. The number of H-pyrrole nitrogens is 1. The molecule has 3 rings (SSSR count). The van der Waals surface area contributed by atoms with Gasteiger partial charge >= 0.3 is 0 Å². The molecule has 1 aromatic carbocycles. The number of halogens is 1. The maximum Gasteiger partial charge on any atom is 0.270 e. The number of carbonyl (C=O) groups excluding carboxylic acids is 2. The number of nitrogens with one attached hydrogen (secondary N) is 1. The van der Waals surface area contributed by atoms with E-state index in [9.17, 15) is 14.0 Å². The number of aromatic nitrogens is 1. The van der Waals surface area contributed by atoms with Gasteiger partial charge < -0.3 is 19.5 Å². The molecule has 1 aromatic heterocycles. The molecule has 24 heavy (non-hydrogen) atoms. The summed E-state index contributed by atoms with van der Waals surface area (Å²) in [7, 11) is 1.36. The highest BCUT2D eigenvalue weighted by atomic mass is 19.1. The van der Waals surface area contributed by atoms with Crippen molar-refractivity contribution in [3.05, 3.63) is 53.6 Å². The summed E-state index contributed by atoms with van der Waals surface area (Å²) in [6, 6.07) is 7.56. The fourth-order valence-corrected chi connectivity index (χ4v) is 2.72. The van der Waals surface area contributed by atoms with Gasteiger partial charge in [0, 0.05) is 37.9 Å². The number of methoxy groups -OCH3 is 1. The minimum absolute atomic E-state index is 0.0430. The standard InChI is InChI=1S/C17H18FN3O3/c1-24-15-11-12(4-5-13(15)18)16(22)20-7-9-21(10-8-20)17(23)14-3-2-6-19-14/h2-6,11,19H,7-10H2,1H3. The minimum atomic E-state index is -0.504. The van der Waals surface area contributed by atoms with Gasteiger partial charge in [0.05, 0.1) is 7.11 Å². The third kappa shape index (κ3) is 3.10. The zero-order valence-electron chi connectivity index (χ0n) is 13.3. The van der Waals surface area contributed by atoms with Crippen molar-refractivity contribution in [3.8, 4) is 5.75 Å². The first kappa shape index (κ1) is 16.0. The number of piperazine rings is 1. The highest BCUT2D eigenvalue weighted by Crippen LogP contribution is 2.20. The Morgan fingerprint density at radius 3 is 2.33 bits per heavy atom. The number of carbonyl (C=O) groups is 2. The normalized spacial score (nSPS) is 14.6. The van der Waals surface area contributed by atoms with Crippen LogP contribution in [0.15, 0.2) is 36.5 Å². The molecule has 0 bridgehead atoms. The number of aromatic amines is 1. The van der Waals surface area contributed by atoms with Gasteiger partial charge in [-0.1, -0.05) is 0 Å². The van der Waals surface area contributed by atoms with Crippen molar-refractivity contribution in [2.24, 2.45) is 0 Å². The molecule has 1 aliphatic heterocycles. The van der Waals surface area contributed by atoms with E-state index in [-0.39, 0.29) is 17.6 Å². The summed E-state index contributed by atoms with van der Waals surface area (Å²) in [5.41, 5.74) is 0.912. The van der Waals surface area contributed by atoms with Crippen LogP contribution >= 0.6 is 0 Å². The second-order valence-corrected chi connectivity index (χ2v) is 5.52. The van der Waals surface area contributed by atoms with Crippen LogP contribution in [0.1, 0.15) is 20.8 Å². The smallest absolute Gasteiger partial charge is 0.270 e. The number of nitrogens with zero attached hydrogens (tertiary/aromatic N) is 2. The molecular weight excluding hydrogens is 313 g/mol. The topological polar surface area (TPSA) is 65.6 Å². The zero-order chi connectivity index (χ0) is 17.1. The lowest BCUT2D eigenvalue weighted by atomic mass is 10.1. The Kier molecular flexibility index (Phi) is 4.50. The Morgan fingerprint density at radius 1 is 1.08 bits per heavy atom. The van der Waals surface area contributed by atoms with Crippen molar-refractivity contribution >= 4 is 11.8 Å². The van der Waals surface area contributed by atoms with E-state index in [2.05, 4.69) is 4.98 Å². The van der Waals surface area contributed by atoms with Crippen LogP contribution in [0.25, 0.3) is 0 Å². The number of rotatable bonds is 3. The lowest BCUT2D eigenvalue weighted by Crippen LogP contribution is -2.50. The van der Waals surface area contributed by atoms with E-state index in [0.717, 1.165) is 0 Å². The van der Waals surface area contributed by atoms with Gasteiger partial charge in [-0.3, -0.25) is 9.59 Å². The van der Waals surface area contributed by atoms with Crippen LogP contribution in [0.5, 0.6) is 5.75 Å². The lowest BCUT2D eigenvalue weighted by molar-refractivity contribution is 0.0532. The van der Waals surface area contributed by atoms with Gasteiger partial charge in [0.1, 0.15) is 5.69 Å². The Labute approximate surface area is 138 Å². The summed E-state index contributed by atoms with van der Waals surface area (Å²) < 4.78 is 18.4. The van der Waals surface area contributed by atoms with Crippen LogP contribution in [0, 0.1) is 5.82 Å². The van der Waals surface area contributed by atoms with Gasteiger partial charge in [-0.05, 0) is 30.3 Å². The molecule has 2 heterocycles. The molecule has 0 spiro atoms. The molecule has 2 aromatic rings. The van der Waals surface area contributed by atoms with Crippen LogP contribution < -0.4 is 4.74 Å². The van der Waals surface area contributed by atoms with E-state index in [0.29, 0.717) is 37.4 Å². The molecule has 1 saturated heterocycles. The van der Waals surface area contributed by atoms with E-state index >= 15 is 0 Å². The molecule has 0 radical (unpaired) electrons. The quantitative estimate of drug-likeness (QED) is 0.932. The van der Waals surface area contributed by atoms with E-state index in [1.807, 2.05) is 0 Å². The highest BCUT2D eigenvalue weighted by molar-refractivity contribution is 5.95. The highest BCUT2D eigenvalue weighted by Gasteiger charge is 2.26. The monoisotopic (exact) mass is 331 g/mol. The Bertz CT molecular complexity index is 738. The average molecular weight is 331 g/mol. The first-order valence-electron chi connectivity index (χ1n) is 7.65. The largest absolute Gasteiger partial charge is 0.494 e. The average Bonchev–Trinajstić information content (AvgIpc) is 3.16. The van der Waals surface area contributed by atoms with Gasteiger partial charge in [0.25, 0.3) is 11.8 Å². The molecule has 6 nitrogen and oxygen atoms in total. The molecule has 7 heteroatoms. The number of amides is 2. The third-order valence-corrected chi connectivity index (χ3v) is 4.08. The molecule has 1 aliphatic rings. The Morgan fingerprint density at radius 2 is 1.75 bits per heavy atom. The molecule has 0 atom stereocenters. The first-order valence-corrected chi connectivity index (χ1v) is 7.65. The lowest BCUT2D eigenvalue weighted by Gasteiger charge is -2.34. The van der Waals surface area contributed by atoms with E-state index in [1.54, 1.807) is 28.1 Å². The van der Waals surface area contributed by atoms with Crippen molar-refractivity contribution in [1.82, 2.24) is 14.8 Å². The minimum Gasteiger partial charge on any atom is -0.494 e. The van der Waals surface area contributed by atoms with Crippen molar-refractivity contribution in [1.29, 1.82) is 0 Å². The van der Waals surface area contributed by atoms with Crippen molar-refractivity contribution in [2.45, 2.75) is 0 Å². The molecule has 0 saturated carbocycles. The first-order chi connectivity index (χ1) is 11.6. The van der Waals surface area contributed by atoms with E-state index in [4.69, 9.17) is 4.74 Å². The predicted molar refractivity (Wildman–Crippen MR) is 85.6 cm³/mol. The van der Waals surface area contributed by atoms with Gasteiger partial charge in [-0.2, -0.15) is 0 Å². The number of benzene rings is 1. The number of hydrogen-bond acceptors (Lipinski definition) is 3. The van der Waals surface area contributed by atoms with Crippen LogP contribution in [0.2, 0.25) is 0 Å². The SMILES string of the molecule is COc1cc(C(=O)N2CCN(C(=O)c3ccc[nH]3)CC2)ccc1F. The van der Waals surface area contributed by atoms with Crippen molar-refractivity contribution in [2.75, 3.05) is 33.3 Å². The molecule has 1 fully saturated rings. The second-order valence-electron chi connectivity index (χ2n) is 5.52. The summed E-state index contributed by atoms with van der Waals surface area (Å²) in [4.78, 5) is 31.0. The van der Waals surface area contributed by atoms with Gasteiger partial charge in [-0.25, -0.2) is 4.39 Å². The molecule has 0 aliphatic carbocycles. The predicted octanol–water partition coefficient (Wildman–Crippen LogP) is 1.76. The summed E-state index contributed by atoms with van der Waals surface area (Å²) >= 11 is 0. The number of ether oxygens (including phenoxy) is 1. The number of hydrogen-bond donors (Lipinski definition) is 1. The third-order valence-electron chi connectivity index (χ3n) is 4.08. The summed E-state index contributed by atoms with van der Waals surface area (Å²) in [5.74, 6) is -0.729. The van der Waals surface area contributed by atoms with E-state index in [1.165, 1.54) is 25.3 Å². The molecule has 0 unspecified atom stereocenters. The van der Waals surface area contributed by atoms with Gasteiger partial charge in [-0.15, -0.1) is 0 Å². The van der Waals surface area contributed by atoms with Crippen LogP contribution in [0.4, 0.5) is 4.39 Å². The summed E-state index contributed by atoms with van der Waals surface area (Å²) in [5, 5.41) is 0. The fraction of sp³-hybridized carbons (Fsp3) is 0.294. The van der Waals surface area contributed by atoms with Crippen molar-refractivity contribution in [3.63, 3.8) is 0 Å². The van der Waals surface area contributed by atoms with Gasteiger partial charge in [0.15, 0.2) is 11.6 Å². The maximum absolute atomic E-state index is 13.5. The van der Waals surface area contributed by atoms with Gasteiger partial charge in [0.2, 0.25) is 0 Å². The molecular formula is C17H18FN3O3. The Hall–Kier alpha value is -2.83. The molecule has 1 N–H and O–H groups in total. The van der Waals surface area contributed by atoms with Crippen molar-refractivity contribution < 1.29 is 18.7 Å². The molecule has 126 valence electrons. The van der Waals surface area contributed by atoms with Crippen LogP contribution in [0.3, 0.4) is 0 Å². The zero-order valence-corrected chi connectivity index (χ0v) is 13.3.